The Morgan fingerprint density at radius 3 is 1.76 bits per heavy atom. The van der Waals surface area contributed by atoms with Gasteiger partial charge < -0.3 is 19.1 Å². The molecule has 0 atom stereocenters. The van der Waals surface area contributed by atoms with Crippen LogP contribution in [0.25, 0.3) is 0 Å². The van der Waals surface area contributed by atoms with Crippen LogP contribution in [0, 0.1) is 0 Å². The first-order valence-electron chi connectivity index (χ1n) is 6.39. The van der Waals surface area contributed by atoms with E-state index in [1.54, 1.807) is 0 Å². The van der Waals surface area contributed by atoms with Crippen molar-refractivity contribution in [3.8, 4) is 0 Å². The van der Waals surface area contributed by atoms with Gasteiger partial charge in [0.2, 0.25) is 0 Å². The molecule has 5 heteroatoms. The second-order valence-electron chi connectivity index (χ2n) is 4.48. The molecule has 0 unspecified atom stereocenters. The van der Waals surface area contributed by atoms with Crippen LogP contribution >= 0.6 is 0 Å². The third-order valence-corrected chi connectivity index (χ3v) is 2.71. The highest BCUT2D eigenvalue weighted by Gasteiger charge is 2.06. The van der Waals surface area contributed by atoms with E-state index < -0.39 is 0 Å². The Morgan fingerprint density at radius 2 is 1.29 bits per heavy atom. The van der Waals surface area contributed by atoms with Gasteiger partial charge in [-0.2, -0.15) is 0 Å². The van der Waals surface area contributed by atoms with Crippen LogP contribution in [0.5, 0.6) is 0 Å². The monoisotopic (exact) mass is 246 g/mol. The van der Waals surface area contributed by atoms with E-state index in [0.29, 0.717) is 26.4 Å². The predicted molar refractivity (Wildman–Crippen MR) is 67.5 cm³/mol. The number of hydrogen-bond acceptors (Lipinski definition) is 5. The van der Waals surface area contributed by atoms with Crippen LogP contribution < -0.4 is 0 Å². The number of ether oxygens (including phenoxy) is 3. The minimum absolute atomic E-state index is 0.668. The van der Waals surface area contributed by atoms with Crippen molar-refractivity contribution in [2.45, 2.75) is 0 Å². The molecule has 1 fully saturated rings. The summed E-state index contributed by atoms with van der Waals surface area (Å²) in [5, 5.41) is 0. The summed E-state index contributed by atoms with van der Waals surface area (Å²) < 4.78 is 16.4. The zero-order chi connectivity index (χ0) is 12.3. The highest BCUT2D eigenvalue weighted by molar-refractivity contribution is 4.59. The van der Waals surface area contributed by atoms with Crippen molar-refractivity contribution in [2.24, 2.45) is 0 Å². The van der Waals surface area contributed by atoms with Crippen molar-refractivity contribution in [1.29, 1.82) is 0 Å². The first-order valence-corrected chi connectivity index (χ1v) is 6.39. The second kappa shape index (κ2) is 9.79. The van der Waals surface area contributed by atoms with Crippen LogP contribution in [0.2, 0.25) is 0 Å². The summed E-state index contributed by atoms with van der Waals surface area (Å²) in [6.07, 6.45) is 0. The van der Waals surface area contributed by atoms with Gasteiger partial charge >= 0.3 is 0 Å². The number of rotatable bonds is 3. The third-order valence-electron chi connectivity index (χ3n) is 2.71. The number of nitrogens with zero attached hydrogens (tertiary/aromatic N) is 2. The Labute approximate surface area is 105 Å². The smallest absolute Gasteiger partial charge is 0.0701 e. The average Bonchev–Trinajstić information content (AvgIpc) is 2.28. The van der Waals surface area contributed by atoms with Crippen LogP contribution in [0.1, 0.15) is 0 Å². The fourth-order valence-electron chi connectivity index (χ4n) is 1.61. The van der Waals surface area contributed by atoms with E-state index in [-0.39, 0.29) is 0 Å². The van der Waals surface area contributed by atoms with Crippen LogP contribution in [0.15, 0.2) is 0 Å². The van der Waals surface area contributed by atoms with Crippen LogP contribution in [-0.2, 0) is 14.2 Å². The van der Waals surface area contributed by atoms with Gasteiger partial charge in [-0.15, -0.1) is 0 Å². The van der Waals surface area contributed by atoms with Crippen LogP contribution in [0.3, 0.4) is 0 Å². The summed E-state index contributed by atoms with van der Waals surface area (Å²) in [5.41, 5.74) is 0. The van der Waals surface area contributed by atoms with Gasteiger partial charge in [0.05, 0.1) is 39.6 Å². The average molecular weight is 246 g/mol. The van der Waals surface area contributed by atoms with Gasteiger partial charge in [-0.25, -0.2) is 0 Å². The van der Waals surface area contributed by atoms with E-state index in [9.17, 15) is 0 Å². The zero-order valence-corrected chi connectivity index (χ0v) is 11.2. The summed E-state index contributed by atoms with van der Waals surface area (Å²) >= 11 is 0. The SMILES string of the molecule is CN(C)CCN1CCOCCOCCOCC1. The molecule has 17 heavy (non-hydrogen) atoms. The molecule has 1 aliphatic rings. The van der Waals surface area contributed by atoms with Crippen molar-refractivity contribution >= 4 is 0 Å². The summed E-state index contributed by atoms with van der Waals surface area (Å²) in [7, 11) is 4.20. The normalized spacial score (nSPS) is 22.1. The van der Waals surface area contributed by atoms with Gasteiger partial charge in [-0.05, 0) is 14.1 Å². The van der Waals surface area contributed by atoms with Crippen molar-refractivity contribution in [3.63, 3.8) is 0 Å². The van der Waals surface area contributed by atoms with E-state index >= 15 is 0 Å². The van der Waals surface area contributed by atoms with Gasteiger partial charge in [-0.3, -0.25) is 4.90 Å². The lowest BCUT2D eigenvalue weighted by Crippen LogP contribution is -2.37. The first-order chi connectivity index (χ1) is 8.29. The van der Waals surface area contributed by atoms with E-state index in [1.165, 1.54) is 0 Å². The minimum atomic E-state index is 0.668. The van der Waals surface area contributed by atoms with Gasteiger partial charge in [0.25, 0.3) is 0 Å². The molecule has 5 nitrogen and oxygen atoms in total. The molecule has 0 aliphatic carbocycles. The summed E-state index contributed by atoms with van der Waals surface area (Å²) in [6, 6.07) is 0. The van der Waals surface area contributed by atoms with E-state index in [1.807, 2.05) is 0 Å². The fraction of sp³-hybridized carbons (Fsp3) is 1.00. The zero-order valence-electron chi connectivity index (χ0n) is 11.2. The number of hydrogen-bond donors (Lipinski definition) is 0. The molecule has 0 aromatic rings. The van der Waals surface area contributed by atoms with Crippen LogP contribution in [-0.4, -0.2) is 89.7 Å². The molecule has 1 heterocycles. The largest absolute Gasteiger partial charge is 0.378 e. The Bertz CT molecular complexity index is 167. The topological polar surface area (TPSA) is 34.2 Å². The molecule has 1 rings (SSSR count). The summed E-state index contributed by atoms with van der Waals surface area (Å²) in [6.45, 7) is 8.33. The molecule has 102 valence electrons. The van der Waals surface area contributed by atoms with E-state index in [4.69, 9.17) is 14.2 Å². The van der Waals surface area contributed by atoms with Crippen molar-refractivity contribution in [1.82, 2.24) is 9.80 Å². The Morgan fingerprint density at radius 1 is 0.824 bits per heavy atom. The van der Waals surface area contributed by atoms with Crippen LogP contribution in [0.4, 0.5) is 0 Å². The lowest BCUT2D eigenvalue weighted by molar-refractivity contribution is -0.00635. The molecule has 0 spiro atoms. The molecule has 0 aromatic heterocycles. The first kappa shape index (κ1) is 14.9. The predicted octanol–water partition coefficient (Wildman–Crippen LogP) is -0.0866. The van der Waals surface area contributed by atoms with Crippen molar-refractivity contribution < 1.29 is 14.2 Å². The fourth-order valence-corrected chi connectivity index (χ4v) is 1.61. The molecule has 0 radical (unpaired) electrons. The quantitative estimate of drug-likeness (QED) is 0.695. The maximum Gasteiger partial charge on any atom is 0.0701 e. The maximum absolute atomic E-state index is 5.52. The van der Waals surface area contributed by atoms with E-state index in [2.05, 4.69) is 23.9 Å². The Kier molecular flexibility index (Phi) is 8.56. The second-order valence-corrected chi connectivity index (χ2v) is 4.48. The molecule has 0 bridgehead atoms. The van der Waals surface area contributed by atoms with Gasteiger partial charge in [0, 0.05) is 26.2 Å². The molecule has 0 N–H and O–H groups in total. The molecule has 1 aliphatic heterocycles. The number of likely N-dealkylation sites (N-methyl/N-ethyl adjacent to an activating group) is 1. The molecule has 0 amide bonds. The summed E-state index contributed by atoms with van der Waals surface area (Å²) in [5.74, 6) is 0. The molecule has 0 aromatic carbocycles. The Balaban J connectivity index is 2.22. The minimum Gasteiger partial charge on any atom is -0.378 e. The van der Waals surface area contributed by atoms with Crippen molar-refractivity contribution in [2.75, 3.05) is 79.9 Å². The standard InChI is InChI=1S/C12H26N2O3/c1-13(2)3-4-14-5-7-15-9-11-17-12-10-16-8-6-14/h3-12H2,1-2H3. The van der Waals surface area contributed by atoms with Gasteiger partial charge in [-0.1, -0.05) is 0 Å². The maximum atomic E-state index is 5.52. The lowest BCUT2D eigenvalue weighted by Gasteiger charge is -2.24. The molecule has 0 saturated carbocycles. The third kappa shape index (κ3) is 8.51. The molecular formula is C12H26N2O3. The summed E-state index contributed by atoms with van der Waals surface area (Å²) in [4.78, 5) is 4.59. The van der Waals surface area contributed by atoms with E-state index in [0.717, 1.165) is 39.4 Å². The molecular weight excluding hydrogens is 220 g/mol. The van der Waals surface area contributed by atoms with Gasteiger partial charge in [0.1, 0.15) is 0 Å². The van der Waals surface area contributed by atoms with Crippen molar-refractivity contribution in [3.05, 3.63) is 0 Å². The molecule has 1 saturated heterocycles. The lowest BCUT2D eigenvalue weighted by atomic mass is 10.4. The Hall–Kier alpha value is -0.200. The highest BCUT2D eigenvalue weighted by atomic mass is 16.5. The van der Waals surface area contributed by atoms with Gasteiger partial charge in [0.15, 0.2) is 0 Å². The highest BCUT2D eigenvalue weighted by Crippen LogP contribution is 1.93.